The predicted octanol–water partition coefficient (Wildman–Crippen LogP) is 3.08. The van der Waals surface area contributed by atoms with Crippen molar-refractivity contribution >= 4 is 16.9 Å². The van der Waals surface area contributed by atoms with Crippen LogP contribution in [0.5, 0.6) is 0 Å². The van der Waals surface area contributed by atoms with Gasteiger partial charge in [-0.1, -0.05) is 19.3 Å². The number of anilines is 1. The van der Waals surface area contributed by atoms with Gasteiger partial charge in [-0.15, -0.1) is 0 Å². The lowest BCUT2D eigenvalue weighted by atomic mass is 9.97. The summed E-state index contributed by atoms with van der Waals surface area (Å²) in [5.41, 5.74) is 0.992. The molecule has 0 radical (unpaired) electrons. The van der Waals surface area contributed by atoms with Crippen molar-refractivity contribution in [2.24, 2.45) is 7.05 Å². The van der Waals surface area contributed by atoms with Crippen LogP contribution in [0.4, 0.5) is 5.82 Å². The molecule has 0 spiro atoms. The molecule has 1 aliphatic carbocycles. The van der Waals surface area contributed by atoms with Crippen LogP contribution in [0.3, 0.4) is 0 Å². The van der Waals surface area contributed by atoms with E-state index < -0.39 is 0 Å². The fraction of sp³-hybridized carbons (Fsp3) is 0.750. The summed E-state index contributed by atoms with van der Waals surface area (Å²) in [5, 5.41) is 5.57. The van der Waals surface area contributed by atoms with Crippen molar-refractivity contribution in [1.29, 1.82) is 0 Å². The zero-order valence-corrected chi connectivity index (χ0v) is 16.1. The first-order valence-corrected chi connectivity index (χ1v) is 10.4. The second-order valence-corrected chi connectivity index (χ2v) is 8.53. The van der Waals surface area contributed by atoms with Gasteiger partial charge in [-0.05, 0) is 39.2 Å². The number of hydrogen-bond acceptors (Lipinski definition) is 5. The van der Waals surface area contributed by atoms with Gasteiger partial charge in [0.2, 0.25) is 0 Å². The Morgan fingerprint density at radius 1 is 1.00 bits per heavy atom. The van der Waals surface area contributed by atoms with Gasteiger partial charge < -0.3 is 4.90 Å². The van der Waals surface area contributed by atoms with E-state index in [0.717, 1.165) is 41.8 Å². The smallest absolute Gasteiger partial charge is 0.163 e. The van der Waals surface area contributed by atoms with Crippen molar-refractivity contribution in [2.75, 3.05) is 24.5 Å². The molecule has 4 heterocycles. The SMILES string of the molecule is C[C@H]1CCCCN1C1CN(c2nc(C3CCCC3)nc3c2cnn3C)C1. The van der Waals surface area contributed by atoms with Crippen molar-refractivity contribution in [2.45, 2.75) is 69.9 Å². The van der Waals surface area contributed by atoms with E-state index in [1.807, 2.05) is 17.9 Å². The minimum Gasteiger partial charge on any atom is -0.353 e. The topological polar surface area (TPSA) is 50.1 Å². The molecule has 3 fully saturated rings. The lowest BCUT2D eigenvalue weighted by molar-refractivity contribution is 0.0873. The number of likely N-dealkylation sites (tertiary alicyclic amines) is 1. The van der Waals surface area contributed by atoms with E-state index in [9.17, 15) is 0 Å². The lowest BCUT2D eigenvalue weighted by Gasteiger charge is -2.49. The number of nitrogens with zero attached hydrogens (tertiary/aromatic N) is 6. The van der Waals surface area contributed by atoms with Crippen LogP contribution in [-0.4, -0.2) is 56.4 Å². The van der Waals surface area contributed by atoms with Gasteiger partial charge in [0.25, 0.3) is 0 Å². The highest BCUT2D eigenvalue weighted by molar-refractivity contribution is 5.87. The molecule has 140 valence electrons. The highest BCUT2D eigenvalue weighted by Gasteiger charge is 2.37. The summed E-state index contributed by atoms with van der Waals surface area (Å²) in [6, 6.07) is 1.41. The molecule has 2 aliphatic heterocycles. The third-order valence-corrected chi connectivity index (χ3v) is 6.79. The Morgan fingerprint density at radius 3 is 2.54 bits per heavy atom. The molecule has 2 aromatic heterocycles. The van der Waals surface area contributed by atoms with Gasteiger partial charge in [0, 0.05) is 38.1 Å². The molecule has 0 unspecified atom stereocenters. The van der Waals surface area contributed by atoms with Crippen LogP contribution in [0.15, 0.2) is 6.20 Å². The Kier molecular flexibility index (Phi) is 4.11. The lowest BCUT2D eigenvalue weighted by Crippen LogP contribution is -2.62. The van der Waals surface area contributed by atoms with Gasteiger partial charge in [0.05, 0.1) is 11.6 Å². The third-order valence-electron chi connectivity index (χ3n) is 6.79. The molecule has 0 bridgehead atoms. The summed E-state index contributed by atoms with van der Waals surface area (Å²) in [7, 11) is 1.99. The van der Waals surface area contributed by atoms with E-state index in [4.69, 9.17) is 9.97 Å². The maximum Gasteiger partial charge on any atom is 0.163 e. The number of fused-ring (bicyclic) bond motifs is 1. The minimum absolute atomic E-state index is 0.534. The molecule has 2 aromatic rings. The van der Waals surface area contributed by atoms with Crippen LogP contribution in [0.2, 0.25) is 0 Å². The van der Waals surface area contributed by atoms with Crippen molar-refractivity contribution in [3.8, 4) is 0 Å². The normalized spacial score (nSPS) is 25.9. The fourth-order valence-corrected chi connectivity index (χ4v) is 5.13. The average molecular weight is 355 g/mol. The third kappa shape index (κ3) is 2.70. The predicted molar refractivity (Wildman–Crippen MR) is 104 cm³/mol. The van der Waals surface area contributed by atoms with Crippen LogP contribution < -0.4 is 4.90 Å². The fourth-order valence-electron chi connectivity index (χ4n) is 5.13. The Bertz CT molecular complexity index is 787. The number of hydrogen-bond donors (Lipinski definition) is 0. The molecule has 2 saturated heterocycles. The maximum atomic E-state index is 5.06. The summed E-state index contributed by atoms with van der Waals surface area (Å²) in [6.07, 6.45) is 11.1. The van der Waals surface area contributed by atoms with Crippen molar-refractivity contribution < 1.29 is 0 Å². The van der Waals surface area contributed by atoms with Gasteiger partial charge >= 0.3 is 0 Å². The molecular weight excluding hydrogens is 324 g/mol. The van der Waals surface area contributed by atoms with E-state index in [1.165, 1.54) is 51.5 Å². The molecule has 26 heavy (non-hydrogen) atoms. The summed E-state index contributed by atoms with van der Waals surface area (Å²) >= 11 is 0. The Morgan fingerprint density at radius 2 is 1.77 bits per heavy atom. The Balaban J connectivity index is 1.42. The van der Waals surface area contributed by atoms with E-state index in [0.29, 0.717) is 12.0 Å². The number of aromatic nitrogens is 4. The Labute approximate surface area is 155 Å². The number of aryl methyl sites for hydroxylation is 1. The largest absolute Gasteiger partial charge is 0.353 e. The molecule has 1 saturated carbocycles. The first kappa shape index (κ1) is 16.5. The maximum absolute atomic E-state index is 5.06. The molecule has 6 heteroatoms. The van der Waals surface area contributed by atoms with Gasteiger partial charge in [0.15, 0.2) is 5.65 Å². The molecule has 5 rings (SSSR count). The standard InChI is InChI=1S/C20H30N6/c1-14-7-5-6-10-26(14)16-12-25(13-16)20-17-11-21-24(2)19(17)22-18(23-20)15-8-3-4-9-15/h11,14-16H,3-10,12-13H2,1-2H3/t14-/m0/s1. The van der Waals surface area contributed by atoms with Crippen LogP contribution in [0, 0.1) is 0 Å². The second kappa shape index (κ2) is 6.48. The van der Waals surface area contributed by atoms with Crippen LogP contribution in [-0.2, 0) is 7.05 Å². The average Bonchev–Trinajstić information content (AvgIpc) is 3.26. The summed E-state index contributed by atoms with van der Waals surface area (Å²) in [4.78, 5) is 15.1. The van der Waals surface area contributed by atoms with Gasteiger partial charge in [-0.25, -0.2) is 9.97 Å². The summed E-state index contributed by atoms with van der Waals surface area (Å²) < 4.78 is 1.91. The van der Waals surface area contributed by atoms with Crippen LogP contribution in [0.25, 0.3) is 11.0 Å². The van der Waals surface area contributed by atoms with Crippen molar-refractivity contribution in [3.63, 3.8) is 0 Å². The zero-order chi connectivity index (χ0) is 17.7. The van der Waals surface area contributed by atoms with Crippen molar-refractivity contribution in [3.05, 3.63) is 12.0 Å². The monoisotopic (exact) mass is 354 g/mol. The molecule has 1 atom stereocenters. The molecule has 6 nitrogen and oxygen atoms in total. The first-order chi connectivity index (χ1) is 12.7. The summed E-state index contributed by atoms with van der Waals surface area (Å²) in [6.45, 7) is 5.84. The number of piperidine rings is 1. The molecular formula is C20H30N6. The van der Waals surface area contributed by atoms with Crippen molar-refractivity contribution in [1.82, 2.24) is 24.6 Å². The quantitative estimate of drug-likeness (QED) is 0.848. The van der Waals surface area contributed by atoms with E-state index in [1.54, 1.807) is 0 Å². The van der Waals surface area contributed by atoms with Gasteiger partial charge in [0.1, 0.15) is 11.6 Å². The van der Waals surface area contributed by atoms with Crippen LogP contribution in [0.1, 0.15) is 63.6 Å². The number of rotatable bonds is 3. The van der Waals surface area contributed by atoms with Crippen LogP contribution >= 0.6 is 0 Å². The Hall–Kier alpha value is -1.69. The minimum atomic E-state index is 0.534. The van der Waals surface area contributed by atoms with E-state index >= 15 is 0 Å². The van der Waals surface area contributed by atoms with E-state index in [-0.39, 0.29) is 0 Å². The molecule has 0 aromatic carbocycles. The van der Waals surface area contributed by atoms with Gasteiger partial charge in [-0.3, -0.25) is 9.58 Å². The van der Waals surface area contributed by atoms with Gasteiger partial charge in [-0.2, -0.15) is 5.10 Å². The highest BCUT2D eigenvalue weighted by atomic mass is 15.4. The highest BCUT2D eigenvalue weighted by Crippen LogP contribution is 2.36. The molecule has 3 aliphatic rings. The second-order valence-electron chi connectivity index (χ2n) is 8.53. The molecule has 0 amide bonds. The zero-order valence-electron chi connectivity index (χ0n) is 16.1. The van der Waals surface area contributed by atoms with E-state index in [2.05, 4.69) is 21.8 Å². The molecule has 0 N–H and O–H groups in total. The summed E-state index contributed by atoms with van der Waals surface area (Å²) in [5.74, 6) is 2.70. The first-order valence-electron chi connectivity index (χ1n) is 10.4.